The molecule has 76 valence electrons. The number of aromatic carboxylic acids is 1. The lowest BCUT2D eigenvalue weighted by Gasteiger charge is -1.92. The first kappa shape index (κ1) is 9.86. The molecular formula is C11H8O3S. The van der Waals surface area contributed by atoms with Crippen LogP contribution in [0.25, 0.3) is 10.1 Å². The van der Waals surface area contributed by atoms with Gasteiger partial charge < -0.3 is 5.11 Å². The van der Waals surface area contributed by atoms with Crippen molar-refractivity contribution in [1.82, 2.24) is 0 Å². The molecule has 15 heavy (non-hydrogen) atoms. The second kappa shape index (κ2) is 3.47. The van der Waals surface area contributed by atoms with Gasteiger partial charge in [-0.15, -0.1) is 11.3 Å². The van der Waals surface area contributed by atoms with Crippen LogP contribution in [0, 0.1) is 6.92 Å². The Morgan fingerprint density at radius 1 is 1.47 bits per heavy atom. The molecule has 2 aromatic rings. The molecule has 0 saturated heterocycles. The van der Waals surface area contributed by atoms with Crippen LogP contribution in [-0.2, 0) is 0 Å². The molecule has 0 aliphatic carbocycles. The van der Waals surface area contributed by atoms with Crippen molar-refractivity contribution >= 4 is 33.7 Å². The third-order valence-corrected chi connectivity index (χ3v) is 3.35. The Bertz CT molecular complexity index is 554. The van der Waals surface area contributed by atoms with Crippen molar-refractivity contribution in [2.75, 3.05) is 0 Å². The minimum Gasteiger partial charge on any atom is -0.477 e. The number of aryl methyl sites for hydroxylation is 1. The Morgan fingerprint density at radius 2 is 2.20 bits per heavy atom. The van der Waals surface area contributed by atoms with Gasteiger partial charge in [0.1, 0.15) is 4.88 Å². The van der Waals surface area contributed by atoms with Crippen LogP contribution in [0.3, 0.4) is 0 Å². The summed E-state index contributed by atoms with van der Waals surface area (Å²) in [4.78, 5) is 21.8. The Balaban J connectivity index is 2.84. The van der Waals surface area contributed by atoms with E-state index < -0.39 is 5.97 Å². The van der Waals surface area contributed by atoms with E-state index in [9.17, 15) is 9.59 Å². The lowest BCUT2D eigenvalue weighted by atomic mass is 10.1. The van der Waals surface area contributed by atoms with Gasteiger partial charge in [0.05, 0.1) is 0 Å². The summed E-state index contributed by atoms with van der Waals surface area (Å²) in [6, 6.07) is 5.55. The molecule has 1 N–H and O–H groups in total. The molecule has 0 bridgehead atoms. The van der Waals surface area contributed by atoms with E-state index >= 15 is 0 Å². The Labute approximate surface area is 90.0 Å². The number of thiophene rings is 1. The minimum atomic E-state index is -1.05. The fourth-order valence-electron chi connectivity index (χ4n) is 1.50. The van der Waals surface area contributed by atoms with Crippen LogP contribution in [-0.4, -0.2) is 17.4 Å². The smallest absolute Gasteiger partial charge is 0.346 e. The second-order valence-corrected chi connectivity index (χ2v) is 4.32. The van der Waals surface area contributed by atoms with Crippen LogP contribution in [0.5, 0.6) is 0 Å². The zero-order chi connectivity index (χ0) is 11.0. The maximum absolute atomic E-state index is 10.9. The van der Waals surface area contributed by atoms with Crippen LogP contribution in [0.1, 0.15) is 25.6 Å². The molecule has 0 saturated carbocycles. The molecule has 3 nitrogen and oxygen atoms in total. The third-order valence-electron chi connectivity index (χ3n) is 2.20. The summed E-state index contributed by atoms with van der Waals surface area (Å²) in [5.41, 5.74) is 1.33. The summed E-state index contributed by atoms with van der Waals surface area (Å²) in [6.45, 7) is 1.93. The SMILES string of the molecule is Cc1ccc2c(C=O)c(C(=O)O)sc2c1. The number of carbonyl (C=O) groups is 2. The molecule has 0 amide bonds. The molecule has 0 radical (unpaired) electrons. The number of fused-ring (bicyclic) bond motifs is 1. The summed E-state index contributed by atoms with van der Waals surface area (Å²) in [6.07, 6.45) is 0.609. The van der Waals surface area contributed by atoms with E-state index in [-0.39, 0.29) is 10.4 Å². The maximum Gasteiger partial charge on any atom is 0.346 e. The number of carboxylic acid groups (broad SMARTS) is 1. The lowest BCUT2D eigenvalue weighted by Crippen LogP contribution is -1.96. The van der Waals surface area contributed by atoms with Gasteiger partial charge in [0.15, 0.2) is 6.29 Å². The van der Waals surface area contributed by atoms with E-state index in [1.807, 2.05) is 19.1 Å². The van der Waals surface area contributed by atoms with Crippen molar-refractivity contribution < 1.29 is 14.7 Å². The van der Waals surface area contributed by atoms with Crippen LogP contribution >= 0.6 is 11.3 Å². The van der Waals surface area contributed by atoms with Crippen molar-refractivity contribution in [2.45, 2.75) is 6.92 Å². The molecule has 4 heteroatoms. The fraction of sp³-hybridized carbons (Fsp3) is 0.0909. The van der Waals surface area contributed by atoms with Gasteiger partial charge >= 0.3 is 5.97 Å². The molecule has 0 fully saturated rings. The number of rotatable bonds is 2. The van der Waals surface area contributed by atoms with Gasteiger partial charge in [0.2, 0.25) is 0 Å². The van der Waals surface area contributed by atoms with E-state index in [0.717, 1.165) is 27.0 Å². The molecule has 0 aliphatic heterocycles. The van der Waals surface area contributed by atoms with Gasteiger partial charge in [-0.05, 0) is 18.6 Å². The van der Waals surface area contributed by atoms with E-state index in [4.69, 9.17) is 5.11 Å². The summed E-state index contributed by atoms with van der Waals surface area (Å²) < 4.78 is 0.842. The highest BCUT2D eigenvalue weighted by Crippen LogP contribution is 2.30. The van der Waals surface area contributed by atoms with Gasteiger partial charge in [-0.25, -0.2) is 4.79 Å². The zero-order valence-corrected chi connectivity index (χ0v) is 8.80. The number of aldehydes is 1. The zero-order valence-electron chi connectivity index (χ0n) is 7.98. The first-order valence-electron chi connectivity index (χ1n) is 4.35. The predicted octanol–water partition coefficient (Wildman–Crippen LogP) is 2.72. The number of hydrogen-bond acceptors (Lipinski definition) is 3. The summed E-state index contributed by atoms with van der Waals surface area (Å²) in [5, 5.41) is 9.64. The lowest BCUT2D eigenvalue weighted by molar-refractivity contribution is 0.0699. The Morgan fingerprint density at radius 3 is 2.80 bits per heavy atom. The number of benzene rings is 1. The quantitative estimate of drug-likeness (QED) is 0.792. The fourth-order valence-corrected chi connectivity index (χ4v) is 2.61. The number of carboxylic acids is 1. The van der Waals surface area contributed by atoms with Crippen molar-refractivity contribution in [3.8, 4) is 0 Å². The third kappa shape index (κ3) is 1.53. The molecule has 0 unspecified atom stereocenters. The van der Waals surface area contributed by atoms with E-state index in [0.29, 0.717) is 6.29 Å². The molecule has 0 aliphatic rings. The first-order chi connectivity index (χ1) is 7.13. The van der Waals surface area contributed by atoms with Crippen LogP contribution in [0.15, 0.2) is 18.2 Å². The standard InChI is InChI=1S/C11H8O3S/c1-6-2-3-7-8(5-12)10(11(13)14)15-9(7)4-6/h2-5H,1H3,(H,13,14). The van der Waals surface area contributed by atoms with Crippen molar-refractivity contribution in [1.29, 1.82) is 0 Å². The average molecular weight is 220 g/mol. The van der Waals surface area contributed by atoms with Gasteiger partial charge in [-0.1, -0.05) is 12.1 Å². The molecule has 1 aromatic heterocycles. The van der Waals surface area contributed by atoms with E-state index in [1.54, 1.807) is 6.07 Å². The maximum atomic E-state index is 10.9. The molecule has 1 heterocycles. The highest BCUT2D eigenvalue weighted by atomic mass is 32.1. The van der Waals surface area contributed by atoms with Crippen molar-refractivity contribution in [3.63, 3.8) is 0 Å². The Hall–Kier alpha value is -1.68. The van der Waals surface area contributed by atoms with Gasteiger partial charge in [0, 0.05) is 15.6 Å². The minimum absolute atomic E-state index is 0.116. The highest BCUT2D eigenvalue weighted by molar-refractivity contribution is 7.21. The van der Waals surface area contributed by atoms with Crippen LogP contribution < -0.4 is 0 Å². The van der Waals surface area contributed by atoms with Crippen molar-refractivity contribution in [2.24, 2.45) is 0 Å². The monoisotopic (exact) mass is 220 g/mol. The van der Waals surface area contributed by atoms with Crippen molar-refractivity contribution in [3.05, 3.63) is 34.2 Å². The van der Waals surface area contributed by atoms with Crippen LogP contribution in [0.4, 0.5) is 0 Å². The first-order valence-corrected chi connectivity index (χ1v) is 5.16. The largest absolute Gasteiger partial charge is 0.477 e. The summed E-state index contributed by atoms with van der Waals surface area (Å²) in [5.74, 6) is -1.05. The van der Waals surface area contributed by atoms with Gasteiger partial charge in [-0.3, -0.25) is 4.79 Å². The highest BCUT2D eigenvalue weighted by Gasteiger charge is 2.16. The average Bonchev–Trinajstić information content (AvgIpc) is 2.55. The molecular weight excluding hydrogens is 212 g/mol. The topological polar surface area (TPSA) is 54.4 Å². The van der Waals surface area contributed by atoms with Gasteiger partial charge in [0.25, 0.3) is 0 Å². The molecule has 2 rings (SSSR count). The summed E-state index contributed by atoms with van der Waals surface area (Å²) in [7, 11) is 0. The van der Waals surface area contributed by atoms with Gasteiger partial charge in [-0.2, -0.15) is 0 Å². The van der Waals surface area contributed by atoms with Crippen LogP contribution in [0.2, 0.25) is 0 Å². The normalized spacial score (nSPS) is 10.5. The number of carbonyl (C=O) groups excluding carboxylic acids is 1. The molecule has 1 aromatic carbocycles. The molecule has 0 spiro atoms. The molecule has 0 atom stereocenters. The Kier molecular flexibility index (Phi) is 2.28. The van der Waals surface area contributed by atoms with E-state index in [1.165, 1.54) is 0 Å². The predicted molar refractivity (Wildman–Crippen MR) is 58.9 cm³/mol. The number of hydrogen-bond donors (Lipinski definition) is 1. The summed E-state index contributed by atoms with van der Waals surface area (Å²) >= 11 is 1.14. The van der Waals surface area contributed by atoms with E-state index in [2.05, 4.69) is 0 Å². The second-order valence-electron chi connectivity index (χ2n) is 3.27.